The van der Waals surface area contributed by atoms with E-state index < -0.39 is 27.8 Å². The highest BCUT2D eigenvalue weighted by atomic mass is 32.2. The summed E-state index contributed by atoms with van der Waals surface area (Å²) in [4.78, 5) is 12.4. The molecular weight excluding hydrogens is 347 g/mol. The summed E-state index contributed by atoms with van der Waals surface area (Å²) < 4.78 is 43.7. The van der Waals surface area contributed by atoms with Crippen molar-refractivity contribution in [2.45, 2.75) is 13.0 Å². The van der Waals surface area contributed by atoms with E-state index in [4.69, 9.17) is 4.74 Å². The van der Waals surface area contributed by atoms with Crippen LogP contribution in [-0.4, -0.2) is 33.7 Å². The highest BCUT2D eigenvalue weighted by Gasteiger charge is 2.29. The molecule has 0 spiro atoms. The maximum absolute atomic E-state index is 13.2. The topological polar surface area (TPSA) is 75.7 Å². The Morgan fingerprint density at radius 3 is 2.36 bits per heavy atom. The second-order valence-corrected chi connectivity index (χ2v) is 7.29. The van der Waals surface area contributed by atoms with Gasteiger partial charge in [-0.25, -0.2) is 12.8 Å². The van der Waals surface area contributed by atoms with Crippen LogP contribution in [0.2, 0.25) is 0 Å². The molecule has 25 heavy (non-hydrogen) atoms. The van der Waals surface area contributed by atoms with Crippen LogP contribution < -0.4 is 14.4 Å². The molecule has 0 bridgehead atoms. The average Bonchev–Trinajstić information content (AvgIpc) is 2.54. The van der Waals surface area contributed by atoms with Crippen molar-refractivity contribution in [2.24, 2.45) is 0 Å². The van der Waals surface area contributed by atoms with Crippen LogP contribution in [0, 0.1) is 5.82 Å². The lowest BCUT2D eigenvalue weighted by Crippen LogP contribution is -2.45. The van der Waals surface area contributed by atoms with Crippen LogP contribution in [0.15, 0.2) is 48.5 Å². The number of halogens is 1. The fraction of sp³-hybridized carbons (Fsp3) is 0.235. The van der Waals surface area contributed by atoms with E-state index in [-0.39, 0.29) is 5.69 Å². The summed E-state index contributed by atoms with van der Waals surface area (Å²) in [6.07, 6.45) is 1.02. The van der Waals surface area contributed by atoms with E-state index in [1.54, 1.807) is 24.3 Å². The van der Waals surface area contributed by atoms with Crippen LogP contribution >= 0.6 is 0 Å². The van der Waals surface area contributed by atoms with E-state index in [9.17, 15) is 17.6 Å². The molecule has 0 unspecified atom stereocenters. The molecule has 0 radical (unpaired) electrons. The number of nitrogens with zero attached hydrogens (tertiary/aromatic N) is 1. The van der Waals surface area contributed by atoms with Crippen molar-refractivity contribution in [2.75, 3.05) is 23.0 Å². The first-order valence-corrected chi connectivity index (χ1v) is 9.27. The highest BCUT2D eigenvalue weighted by molar-refractivity contribution is 7.92. The number of benzene rings is 2. The summed E-state index contributed by atoms with van der Waals surface area (Å²) in [6, 6.07) is 10.6. The molecule has 6 nitrogen and oxygen atoms in total. The molecule has 0 aromatic heterocycles. The Morgan fingerprint density at radius 2 is 1.84 bits per heavy atom. The largest absolute Gasteiger partial charge is 0.497 e. The number of rotatable bonds is 6. The van der Waals surface area contributed by atoms with Crippen molar-refractivity contribution in [3.05, 3.63) is 54.3 Å². The molecular formula is C17H19FN2O4S. The first-order chi connectivity index (χ1) is 11.7. The van der Waals surface area contributed by atoms with Gasteiger partial charge in [-0.15, -0.1) is 0 Å². The smallest absolute Gasteiger partial charge is 0.247 e. The Balaban J connectivity index is 2.29. The SMILES string of the molecule is COc1ccc(N([C@H](C)C(=O)Nc2cccc(F)c2)S(C)(=O)=O)cc1. The first kappa shape index (κ1) is 18.7. The molecule has 0 aliphatic rings. The Kier molecular flexibility index (Phi) is 5.63. The third kappa shape index (κ3) is 4.69. The number of anilines is 2. The van der Waals surface area contributed by atoms with E-state index in [2.05, 4.69) is 5.32 Å². The molecule has 1 atom stereocenters. The maximum Gasteiger partial charge on any atom is 0.247 e. The molecule has 1 N–H and O–H groups in total. The number of ether oxygens (including phenoxy) is 1. The highest BCUT2D eigenvalue weighted by Crippen LogP contribution is 2.24. The number of hydrogen-bond donors (Lipinski definition) is 1. The van der Waals surface area contributed by atoms with Crippen molar-refractivity contribution >= 4 is 27.3 Å². The summed E-state index contributed by atoms with van der Waals surface area (Å²) in [5.74, 6) is -0.513. The zero-order valence-corrected chi connectivity index (χ0v) is 14.9. The van der Waals surface area contributed by atoms with E-state index in [1.807, 2.05) is 0 Å². The first-order valence-electron chi connectivity index (χ1n) is 7.42. The van der Waals surface area contributed by atoms with Crippen LogP contribution in [0.4, 0.5) is 15.8 Å². The number of amides is 1. The van der Waals surface area contributed by atoms with Gasteiger partial charge >= 0.3 is 0 Å². The molecule has 0 aliphatic heterocycles. The second kappa shape index (κ2) is 7.52. The number of carbonyl (C=O) groups is 1. The molecule has 0 heterocycles. The van der Waals surface area contributed by atoms with Crippen LogP contribution in [0.1, 0.15) is 6.92 Å². The maximum atomic E-state index is 13.2. The van der Waals surface area contributed by atoms with E-state index >= 15 is 0 Å². The van der Waals surface area contributed by atoms with Gasteiger partial charge in [0.15, 0.2) is 0 Å². The second-order valence-electron chi connectivity index (χ2n) is 5.43. The van der Waals surface area contributed by atoms with Gasteiger partial charge in [-0.3, -0.25) is 9.10 Å². The minimum absolute atomic E-state index is 0.250. The fourth-order valence-corrected chi connectivity index (χ4v) is 3.53. The van der Waals surface area contributed by atoms with Gasteiger partial charge in [0, 0.05) is 5.69 Å². The number of nitrogens with one attached hydrogen (secondary N) is 1. The lowest BCUT2D eigenvalue weighted by atomic mass is 10.2. The summed E-state index contributed by atoms with van der Waals surface area (Å²) in [6.45, 7) is 1.46. The van der Waals surface area contributed by atoms with Crippen LogP contribution in [0.3, 0.4) is 0 Å². The lowest BCUT2D eigenvalue weighted by molar-refractivity contribution is -0.116. The molecule has 0 saturated heterocycles. The summed E-state index contributed by atoms with van der Waals surface area (Å²) in [5.41, 5.74) is 0.574. The zero-order chi connectivity index (χ0) is 18.6. The predicted octanol–water partition coefficient (Wildman–Crippen LogP) is 2.63. The summed E-state index contributed by atoms with van der Waals surface area (Å²) in [5, 5.41) is 2.52. The van der Waals surface area contributed by atoms with Gasteiger partial charge in [-0.2, -0.15) is 0 Å². The predicted molar refractivity (Wildman–Crippen MR) is 94.8 cm³/mol. The molecule has 2 aromatic rings. The van der Waals surface area contributed by atoms with Gasteiger partial charge in [0.1, 0.15) is 17.6 Å². The van der Waals surface area contributed by atoms with Crippen molar-refractivity contribution in [3.8, 4) is 5.75 Å². The Morgan fingerprint density at radius 1 is 1.20 bits per heavy atom. The summed E-state index contributed by atoms with van der Waals surface area (Å²) >= 11 is 0. The molecule has 2 rings (SSSR count). The lowest BCUT2D eigenvalue weighted by Gasteiger charge is -2.28. The molecule has 2 aromatic carbocycles. The normalized spacial score (nSPS) is 12.3. The summed E-state index contributed by atoms with van der Waals surface area (Å²) in [7, 11) is -2.23. The fourth-order valence-electron chi connectivity index (χ4n) is 2.35. The van der Waals surface area contributed by atoms with E-state index in [0.717, 1.165) is 16.6 Å². The van der Waals surface area contributed by atoms with Crippen molar-refractivity contribution in [3.63, 3.8) is 0 Å². The zero-order valence-electron chi connectivity index (χ0n) is 14.1. The van der Waals surface area contributed by atoms with Gasteiger partial charge in [0.25, 0.3) is 0 Å². The quantitative estimate of drug-likeness (QED) is 0.853. The van der Waals surface area contributed by atoms with Gasteiger partial charge < -0.3 is 10.1 Å². The Bertz CT molecular complexity index is 853. The third-order valence-electron chi connectivity index (χ3n) is 3.51. The number of sulfonamides is 1. The number of methoxy groups -OCH3 is 1. The van der Waals surface area contributed by atoms with Crippen LogP contribution in [0.25, 0.3) is 0 Å². The standard InChI is InChI=1S/C17H19FN2O4S/c1-12(17(21)19-14-6-4-5-13(18)11-14)20(25(3,22)23)15-7-9-16(24-2)10-8-15/h4-12H,1-3H3,(H,19,21)/t12-/m1/s1. The molecule has 0 saturated carbocycles. The molecule has 134 valence electrons. The van der Waals surface area contributed by atoms with Gasteiger partial charge in [0.2, 0.25) is 15.9 Å². The van der Waals surface area contributed by atoms with Gasteiger partial charge in [-0.05, 0) is 49.4 Å². The van der Waals surface area contributed by atoms with Crippen molar-refractivity contribution < 1.29 is 22.3 Å². The minimum atomic E-state index is -3.72. The third-order valence-corrected chi connectivity index (χ3v) is 4.75. The number of hydrogen-bond acceptors (Lipinski definition) is 4. The monoisotopic (exact) mass is 366 g/mol. The molecule has 8 heteroatoms. The van der Waals surface area contributed by atoms with Crippen molar-refractivity contribution in [1.82, 2.24) is 0 Å². The molecule has 0 fully saturated rings. The van der Waals surface area contributed by atoms with E-state index in [0.29, 0.717) is 11.4 Å². The average molecular weight is 366 g/mol. The minimum Gasteiger partial charge on any atom is -0.497 e. The van der Waals surface area contributed by atoms with Crippen LogP contribution in [0.5, 0.6) is 5.75 Å². The van der Waals surface area contributed by atoms with Crippen molar-refractivity contribution in [1.29, 1.82) is 0 Å². The van der Waals surface area contributed by atoms with Crippen LogP contribution in [-0.2, 0) is 14.8 Å². The van der Waals surface area contributed by atoms with Gasteiger partial charge in [0.05, 0.1) is 19.1 Å². The molecule has 1 amide bonds. The Hall–Kier alpha value is -2.61. The van der Waals surface area contributed by atoms with Gasteiger partial charge in [-0.1, -0.05) is 6.07 Å². The van der Waals surface area contributed by atoms with E-state index in [1.165, 1.54) is 32.2 Å². The Labute approximate surface area is 146 Å². The molecule has 0 aliphatic carbocycles. The number of carbonyl (C=O) groups excluding carboxylic acids is 1.